The average molecular weight is 702 g/mol. The number of fused-ring (bicyclic) bond motifs is 6. The Hall–Kier alpha value is -7.23. The van der Waals surface area contributed by atoms with E-state index in [-0.39, 0.29) is 6.04 Å². The van der Waals surface area contributed by atoms with E-state index in [0.717, 1.165) is 27.9 Å². The lowest BCUT2D eigenvalue weighted by molar-refractivity contribution is 0.765. The molecule has 2 aromatic heterocycles. The molecule has 1 aliphatic rings. The van der Waals surface area contributed by atoms with Gasteiger partial charge in [-0.15, -0.1) is 0 Å². The average Bonchev–Trinajstić information content (AvgIpc) is 3.59. The summed E-state index contributed by atoms with van der Waals surface area (Å²) in [6, 6.07) is 61.8. The summed E-state index contributed by atoms with van der Waals surface area (Å²) in [4.78, 5) is 4.51. The fraction of sp³-hybridized carbons (Fsp3) is 0.0192. The lowest BCUT2D eigenvalue weighted by atomic mass is 9.85. The Kier molecular flexibility index (Phi) is 7.24. The third-order valence-electron chi connectivity index (χ3n) is 11.3. The van der Waals surface area contributed by atoms with Gasteiger partial charge in [-0.2, -0.15) is 0 Å². The first-order valence-electron chi connectivity index (χ1n) is 18.9. The summed E-state index contributed by atoms with van der Waals surface area (Å²) in [7, 11) is 0. The SMILES string of the molecule is C1=CC(c2ccc3c(c2)c2cnccc2n3-c2ccccc2)NC(c2cccc(-c3c4ccccc4c(-c4ccc5ccccc5c4)c4ccccc34)c2)=C1. The first-order chi connectivity index (χ1) is 27.3. The molecule has 0 saturated heterocycles. The number of benzene rings is 8. The van der Waals surface area contributed by atoms with Gasteiger partial charge in [-0.05, 0) is 114 Å². The predicted molar refractivity (Wildman–Crippen MR) is 231 cm³/mol. The van der Waals surface area contributed by atoms with E-state index in [0.29, 0.717) is 0 Å². The van der Waals surface area contributed by atoms with Gasteiger partial charge in [0.1, 0.15) is 0 Å². The van der Waals surface area contributed by atoms with Crippen LogP contribution in [0.2, 0.25) is 0 Å². The fourth-order valence-corrected chi connectivity index (χ4v) is 8.77. The van der Waals surface area contributed by atoms with Gasteiger partial charge >= 0.3 is 0 Å². The van der Waals surface area contributed by atoms with E-state index in [4.69, 9.17) is 0 Å². The monoisotopic (exact) mass is 701 g/mol. The molecule has 3 heteroatoms. The van der Waals surface area contributed by atoms with Crippen LogP contribution in [-0.2, 0) is 0 Å². The van der Waals surface area contributed by atoms with Crippen molar-refractivity contribution in [3.63, 3.8) is 0 Å². The van der Waals surface area contributed by atoms with Gasteiger partial charge in [0, 0.05) is 34.6 Å². The van der Waals surface area contributed by atoms with E-state index in [1.807, 2.05) is 12.4 Å². The van der Waals surface area contributed by atoms with Gasteiger partial charge in [-0.1, -0.05) is 140 Å². The number of nitrogens with one attached hydrogen (secondary N) is 1. The number of aromatic nitrogens is 2. The first-order valence-corrected chi connectivity index (χ1v) is 18.9. The van der Waals surface area contributed by atoms with Gasteiger partial charge < -0.3 is 9.88 Å². The summed E-state index contributed by atoms with van der Waals surface area (Å²) in [5.41, 5.74) is 11.9. The highest BCUT2D eigenvalue weighted by molar-refractivity contribution is 6.21. The number of hydrogen-bond donors (Lipinski definition) is 1. The molecular formula is C52H35N3. The minimum Gasteiger partial charge on any atom is -0.374 e. The molecule has 10 aromatic rings. The van der Waals surface area contributed by atoms with Crippen molar-refractivity contribution in [2.24, 2.45) is 0 Å². The third kappa shape index (κ3) is 5.16. The maximum atomic E-state index is 4.51. The van der Waals surface area contributed by atoms with Crippen LogP contribution in [0, 0.1) is 0 Å². The number of nitrogens with zero attached hydrogens (tertiary/aromatic N) is 2. The summed E-state index contributed by atoms with van der Waals surface area (Å²) in [5, 5.41) is 13.8. The van der Waals surface area contributed by atoms with Crippen molar-refractivity contribution < 1.29 is 0 Å². The van der Waals surface area contributed by atoms with Crippen LogP contribution in [-0.4, -0.2) is 9.55 Å². The van der Waals surface area contributed by atoms with Gasteiger partial charge in [-0.25, -0.2) is 0 Å². The van der Waals surface area contributed by atoms with Gasteiger partial charge in [0.15, 0.2) is 0 Å². The predicted octanol–water partition coefficient (Wildman–Crippen LogP) is 13.2. The quantitative estimate of drug-likeness (QED) is 0.181. The summed E-state index contributed by atoms with van der Waals surface area (Å²) in [5.74, 6) is 0. The van der Waals surface area contributed by atoms with Crippen molar-refractivity contribution in [1.82, 2.24) is 14.9 Å². The highest BCUT2D eigenvalue weighted by atomic mass is 15.0. The van der Waals surface area contributed by atoms with Crippen molar-refractivity contribution in [1.29, 1.82) is 0 Å². The van der Waals surface area contributed by atoms with E-state index >= 15 is 0 Å². The van der Waals surface area contributed by atoms with Crippen LogP contribution >= 0.6 is 0 Å². The molecule has 1 atom stereocenters. The van der Waals surface area contributed by atoms with Crippen LogP contribution in [0.5, 0.6) is 0 Å². The van der Waals surface area contributed by atoms with Crippen LogP contribution in [0.1, 0.15) is 17.2 Å². The highest BCUT2D eigenvalue weighted by Gasteiger charge is 2.20. The van der Waals surface area contributed by atoms with Crippen LogP contribution in [0.25, 0.3) is 87.8 Å². The van der Waals surface area contributed by atoms with E-state index in [9.17, 15) is 0 Å². The molecule has 0 spiro atoms. The van der Waals surface area contributed by atoms with Crippen molar-refractivity contribution in [3.05, 3.63) is 212 Å². The molecule has 55 heavy (non-hydrogen) atoms. The Morgan fingerprint density at radius 2 is 1.13 bits per heavy atom. The molecule has 3 heterocycles. The van der Waals surface area contributed by atoms with Gasteiger partial charge in [-0.3, -0.25) is 4.98 Å². The van der Waals surface area contributed by atoms with Crippen molar-refractivity contribution in [3.8, 4) is 27.9 Å². The molecule has 0 saturated carbocycles. The number of hydrogen-bond acceptors (Lipinski definition) is 2. The van der Waals surface area contributed by atoms with Crippen LogP contribution in [0.4, 0.5) is 0 Å². The lowest BCUT2D eigenvalue weighted by Gasteiger charge is -2.23. The Balaban J connectivity index is 0.993. The molecule has 11 rings (SSSR count). The van der Waals surface area contributed by atoms with Crippen molar-refractivity contribution in [2.75, 3.05) is 0 Å². The molecule has 1 N–H and O–H groups in total. The summed E-state index contributed by atoms with van der Waals surface area (Å²) >= 11 is 0. The van der Waals surface area contributed by atoms with Crippen molar-refractivity contribution in [2.45, 2.75) is 6.04 Å². The summed E-state index contributed by atoms with van der Waals surface area (Å²) < 4.78 is 2.33. The molecular weight excluding hydrogens is 667 g/mol. The van der Waals surface area contributed by atoms with Gasteiger partial charge in [0.05, 0.1) is 17.1 Å². The second-order valence-electron chi connectivity index (χ2n) is 14.4. The molecule has 258 valence electrons. The molecule has 0 radical (unpaired) electrons. The largest absolute Gasteiger partial charge is 0.374 e. The smallest absolute Gasteiger partial charge is 0.0701 e. The van der Waals surface area contributed by atoms with E-state index in [1.54, 1.807) is 0 Å². The Morgan fingerprint density at radius 3 is 1.89 bits per heavy atom. The fourth-order valence-electron chi connectivity index (χ4n) is 8.77. The number of allylic oxidation sites excluding steroid dienone is 2. The van der Waals surface area contributed by atoms with E-state index in [2.05, 4.69) is 203 Å². The molecule has 1 unspecified atom stereocenters. The lowest BCUT2D eigenvalue weighted by Crippen LogP contribution is -2.20. The normalized spacial score (nSPS) is 14.2. The zero-order chi connectivity index (χ0) is 36.3. The molecule has 0 amide bonds. The number of para-hydroxylation sites is 1. The van der Waals surface area contributed by atoms with E-state index < -0.39 is 0 Å². The van der Waals surface area contributed by atoms with Crippen LogP contribution in [0.3, 0.4) is 0 Å². The Morgan fingerprint density at radius 1 is 0.473 bits per heavy atom. The Bertz CT molecular complexity index is 3130. The maximum Gasteiger partial charge on any atom is 0.0701 e. The van der Waals surface area contributed by atoms with Gasteiger partial charge in [0.2, 0.25) is 0 Å². The molecule has 0 aliphatic carbocycles. The molecule has 0 fully saturated rings. The van der Waals surface area contributed by atoms with Crippen LogP contribution < -0.4 is 5.32 Å². The Labute approximate surface area is 319 Å². The van der Waals surface area contributed by atoms with Gasteiger partial charge in [0.25, 0.3) is 0 Å². The number of dihydropyridines is 1. The molecule has 3 nitrogen and oxygen atoms in total. The zero-order valence-corrected chi connectivity index (χ0v) is 30.0. The second kappa shape index (κ2) is 12.7. The number of pyridine rings is 1. The minimum absolute atomic E-state index is 0.0164. The van der Waals surface area contributed by atoms with Crippen molar-refractivity contribution >= 4 is 59.8 Å². The highest BCUT2D eigenvalue weighted by Crippen LogP contribution is 2.44. The molecule has 8 aromatic carbocycles. The second-order valence-corrected chi connectivity index (χ2v) is 14.4. The topological polar surface area (TPSA) is 29.9 Å². The number of rotatable bonds is 5. The third-order valence-corrected chi connectivity index (χ3v) is 11.3. The minimum atomic E-state index is 0.0164. The zero-order valence-electron chi connectivity index (χ0n) is 30.0. The molecule has 1 aliphatic heterocycles. The standard InChI is InChI=1S/C52H35N3/c1-2-16-40(17-3-1)55-49-27-26-37(32-45(49)46-33-53-29-28-50(46)55)48-23-11-22-47(54-48)36-14-10-15-38(31-36)51-41-18-6-8-20-43(41)52(44-21-9-7-19-42(44)51)39-25-24-34-12-4-5-13-35(34)30-39/h1-33,48,54H. The first kappa shape index (κ1) is 31.3. The van der Waals surface area contributed by atoms with Crippen LogP contribution in [0.15, 0.2) is 200 Å². The summed E-state index contributed by atoms with van der Waals surface area (Å²) in [6.45, 7) is 0. The maximum absolute atomic E-state index is 4.51. The summed E-state index contributed by atoms with van der Waals surface area (Å²) in [6.07, 6.45) is 10.5. The molecule has 0 bridgehead atoms. The van der Waals surface area contributed by atoms with E-state index in [1.165, 1.54) is 71.0 Å².